The number of benzene rings is 1. The number of likely N-dealkylation sites (N-methyl/N-ethyl adjacent to an activating group) is 1. The van der Waals surface area contributed by atoms with Crippen molar-refractivity contribution in [1.29, 1.82) is 0 Å². The van der Waals surface area contributed by atoms with E-state index in [4.69, 9.17) is 24.0 Å². The van der Waals surface area contributed by atoms with E-state index in [1.165, 1.54) is 0 Å². The van der Waals surface area contributed by atoms with Gasteiger partial charge in [0.25, 0.3) is 0 Å². The first-order valence-electron chi connectivity index (χ1n) is 12.2. The molecule has 188 valence electrons. The third-order valence-corrected chi connectivity index (χ3v) is 6.26. The van der Waals surface area contributed by atoms with Gasteiger partial charge in [0, 0.05) is 30.8 Å². The highest BCUT2D eigenvalue weighted by Gasteiger charge is 2.26. The monoisotopic (exact) mass is 481 g/mol. The van der Waals surface area contributed by atoms with Gasteiger partial charge < -0.3 is 29.3 Å². The van der Waals surface area contributed by atoms with Crippen LogP contribution in [0.4, 0.5) is 5.82 Å². The minimum atomic E-state index is -0.593. The van der Waals surface area contributed by atoms with Crippen molar-refractivity contribution in [3.63, 3.8) is 0 Å². The van der Waals surface area contributed by atoms with Crippen LogP contribution in [0.15, 0.2) is 28.8 Å². The number of morpholine rings is 1. The molecule has 2 atom stereocenters. The van der Waals surface area contributed by atoms with Gasteiger partial charge in [-0.25, -0.2) is 9.97 Å². The Labute approximate surface area is 206 Å². The highest BCUT2D eigenvalue weighted by atomic mass is 16.5. The molecule has 1 aromatic carbocycles. The van der Waals surface area contributed by atoms with E-state index in [0.717, 1.165) is 59.2 Å². The van der Waals surface area contributed by atoms with Crippen LogP contribution in [0.25, 0.3) is 22.6 Å². The summed E-state index contributed by atoms with van der Waals surface area (Å²) in [5.74, 6) is 2.87. The fourth-order valence-corrected chi connectivity index (χ4v) is 4.38. The molecule has 0 amide bonds. The Bertz CT molecular complexity index is 1130. The van der Waals surface area contributed by atoms with Gasteiger partial charge in [0.1, 0.15) is 30.0 Å². The van der Waals surface area contributed by atoms with Crippen molar-refractivity contribution in [2.75, 3.05) is 44.8 Å². The first-order chi connectivity index (χ1) is 16.9. The van der Waals surface area contributed by atoms with E-state index in [1.54, 1.807) is 7.05 Å². The lowest BCUT2D eigenvalue weighted by atomic mass is 10.0. The van der Waals surface area contributed by atoms with Gasteiger partial charge in [0.15, 0.2) is 5.82 Å². The molecule has 2 N–H and O–H groups in total. The van der Waals surface area contributed by atoms with Gasteiger partial charge in [-0.1, -0.05) is 24.2 Å². The first-order valence-corrected chi connectivity index (χ1v) is 12.2. The maximum Gasteiger partial charge on any atom is 0.162 e. The average molecular weight is 482 g/mol. The largest absolute Gasteiger partial charge is 0.491 e. The maximum atomic E-state index is 10.0. The number of hydrogen-bond donors (Lipinski definition) is 2. The Hall–Kier alpha value is -3.01. The third-order valence-electron chi connectivity index (χ3n) is 6.26. The summed E-state index contributed by atoms with van der Waals surface area (Å²) in [5, 5.41) is 17.1. The number of nitrogens with zero attached hydrogens (tertiary/aromatic N) is 4. The zero-order valence-corrected chi connectivity index (χ0v) is 21.2. The second kappa shape index (κ2) is 11.2. The van der Waals surface area contributed by atoms with E-state index in [1.807, 2.05) is 38.1 Å². The normalized spacial score (nSPS) is 17.0. The molecule has 1 fully saturated rings. The van der Waals surface area contributed by atoms with Crippen molar-refractivity contribution in [3.05, 3.63) is 41.3 Å². The van der Waals surface area contributed by atoms with Gasteiger partial charge in [-0.05, 0) is 46.4 Å². The van der Waals surface area contributed by atoms with Crippen LogP contribution < -0.4 is 15.0 Å². The Morgan fingerprint density at radius 2 is 2.09 bits per heavy atom. The number of rotatable bonds is 9. The van der Waals surface area contributed by atoms with Crippen molar-refractivity contribution in [3.8, 4) is 28.4 Å². The van der Waals surface area contributed by atoms with E-state index in [0.29, 0.717) is 24.7 Å². The maximum absolute atomic E-state index is 10.0. The Balaban J connectivity index is 1.76. The number of anilines is 1. The Morgan fingerprint density at radius 1 is 1.26 bits per heavy atom. The van der Waals surface area contributed by atoms with Gasteiger partial charge >= 0.3 is 0 Å². The molecule has 3 heterocycles. The number of ether oxygens (including phenoxy) is 2. The number of aliphatic hydroxyl groups excluding tert-OH is 1. The highest BCUT2D eigenvalue weighted by molar-refractivity contribution is 5.75. The molecule has 1 aliphatic heterocycles. The molecule has 0 aliphatic carbocycles. The van der Waals surface area contributed by atoms with Crippen LogP contribution in [-0.2, 0) is 4.74 Å². The Kier molecular flexibility index (Phi) is 8.00. The molecule has 9 nitrogen and oxygen atoms in total. The molecule has 0 bridgehead atoms. The fraction of sp³-hybridized carbons (Fsp3) is 0.500. The van der Waals surface area contributed by atoms with Crippen LogP contribution in [0.3, 0.4) is 0 Å². The molecule has 9 heteroatoms. The molecule has 35 heavy (non-hydrogen) atoms. The highest BCUT2D eigenvalue weighted by Crippen LogP contribution is 2.35. The summed E-state index contributed by atoms with van der Waals surface area (Å²) in [7, 11) is 1.80. The smallest absolute Gasteiger partial charge is 0.162 e. The molecule has 0 radical (unpaired) electrons. The number of aromatic nitrogens is 3. The van der Waals surface area contributed by atoms with E-state index < -0.39 is 6.10 Å². The second-order valence-corrected chi connectivity index (χ2v) is 8.94. The number of aliphatic hydroxyl groups is 1. The zero-order valence-electron chi connectivity index (χ0n) is 21.2. The number of aryl methyl sites for hydroxylation is 2. The number of hydrogen-bond acceptors (Lipinski definition) is 9. The topological polar surface area (TPSA) is 106 Å². The quantitative estimate of drug-likeness (QED) is 0.476. The number of nitrogens with one attached hydrogen (secondary N) is 1. The molecular weight excluding hydrogens is 446 g/mol. The van der Waals surface area contributed by atoms with Crippen molar-refractivity contribution >= 4 is 5.82 Å². The van der Waals surface area contributed by atoms with Gasteiger partial charge in [0.2, 0.25) is 0 Å². The van der Waals surface area contributed by atoms with E-state index in [-0.39, 0.29) is 12.7 Å². The lowest BCUT2D eigenvalue weighted by Crippen LogP contribution is -2.43. The lowest BCUT2D eigenvalue weighted by molar-refractivity contribution is 0.0381. The van der Waals surface area contributed by atoms with E-state index >= 15 is 0 Å². The standard InChI is InChI=1S/C26H35N5O4/c1-6-21-14-31(10-11-33-21)26-16(2)24(23-17(3)30-35-18(23)4)28-25(29-26)19-8-7-9-22(12-19)34-15-20(32)13-27-5/h7-9,12,20-21,27,32H,6,10-11,13-15H2,1-5H3/t20?,21-/m0/s1. The van der Waals surface area contributed by atoms with Crippen molar-refractivity contribution in [2.45, 2.75) is 46.3 Å². The zero-order chi connectivity index (χ0) is 24.9. The van der Waals surface area contributed by atoms with Gasteiger partial charge in [0.05, 0.1) is 29.7 Å². The Morgan fingerprint density at radius 3 is 2.80 bits per heavy atom. The van der Waals surface area contributed by atoms with Crippen LogP contribution >= 0.6 is 0 Å². The summed E-state index contributed by atoms with van der Waals surface area (Å²) in [6.07, 6.45) is 0.526. The third kappa shape index (κ3) is 5.63. The van der Waals surface area contributed by atoms with Crippen LogP contribution in [-0.4, -0.2) is 72.3 Å². The van der Waals surface area contributed by atoms with Crippen molar-refractivity contribution < 1.29 is 19.1 Å². The summed E-state index contributed by atoms with van der Waals surface area (Å²) in [6, 6.07) is 7.66. The van der Waals surface area contributed by atoms with Crippen LogP contribution in [0.5, 0.6) is 5.75 Å². The van der Waals surface area contributed by atoms with E-state index in [2.05, 4.69) is 29.2 Å². The summed E-state index contributed by atoms with van der Waals surface area (Å²) in [4.78, 5) is 12.3. The minimum Gasteiger partial charge on any atom is -0.491 e. The van der Waals surface area contributed by atoms with Crippen molar-refractivity contribution in [1.82, 2.24) is 20.4 Å². The molecule has 1 aliphatic rings. The summed E-state index contributed by atoms with van der Waals surface area (Å²) in [6.45, 7) is 10.9. The predicted molar refractivity (Wildman–Crippen MR) is 135 cm³/mol. The molecule has 3 aromatic rings. The van der Waals surface area contributed by atoms with Gasteiger partial charge in [-0.15, -0.1) is 0 Å². The predicted octanol–water partition coefficient (Wildman–Crippen LogP) is 3.30. The minimum absolute atomic E-state index is 0.171. The summed E-state index contributed by atoms with van der Waals surface area (Å²) in [5.41, 5.74) is 4.33. The molecule has 1 saturated heterocycles. The average Bonchev–Trinajstić information content (AvgIpc) is 3.21. The van der Waals surface area contributed by atoms with Crippen molar-refractivity contribution in [2.24, 2.45) is 0 Å². The lowest BCUT2D eigenvalue weighted by Gasteiger charge is -2.34. The van der Waals surface area contributed by atoms with Crippen LogP contribution in [0.1, 0.15) is 30.4 Å². The fourth-order valence-electron chi connectivity index (χ4n) is 4.38. The van der Waals surface area contributed by atoms with Gasteiger partial charge in [-0.2, -0.15) is 0 Å². The SMILES string of the molecule is CC[C@H]1CN(c2nc(-c3cccc(OCC(O)CNC)c3)nc(-c3c(C)noc3C)c2C)CCO1. The second-order valence-electron chi connectivity index (χ2n) is 8.94. The van der Waals surface area contributed by atoms with E-state index in [9.17, 15) is 5.11 Å². The summed E-state index contributed by atoms with van der Waals surface area (Å²) >= 11 is 0. The molecule has 0 spiro atoms. The van der Waals surface area contributed by atoms with Crippen LogP contribution in [0.2, 0.25) is 0 Å². The molecule has 0 saturated carbocycles. The molecular formula is C26H35N5O4. The van der Waals surface area contributed by atoms with Gasteiger partial charge in [-0.3, -0.25) is 0 Å². The molecule has 4 rings (SSSR count). The summed E-state index contributed by atoms with van der Waals surface area (Å²) < 4.78 is 17.2. The first kappa shape index (κ1) is 25.1. The molecule has 1 unspecified atom stereocenters. The molecule has 2 aromatic heterocycles. The van der Waals surface area contributed by atoms with Crippen LogP contribution in [0, 0.1) is 20.8 Å².